The minimum absolute atomic E-state index is 0.156. The van der Waals surface area contributed by atoms with Crippen molar-refractivity contribution < 1.29 is 14.1 Å². The molecule has 2 heterocycles. The number of carbonyl (C=O) groups is 2. The second-order valence-corrected chi connectivity index (χ2v) is 6.97. The van der Waals surface area contributed by atoms with Gasteiger partial charge < -0.3 is 15.2 Å². The van der Waals surface area contributed by atoms with Gasteiger partial charge in [0, 0.05) is 26.2 Å². The van der Waals surface area contributed by atoms with Crippen LogP contribution in [0.25, 0.3) is 6.08 Å². The summed E-state index contributed by atoms with van der Waals surface area (Å²) in [4.78, 5) is 26.8. The Morgan fingerprint density at radius 1 is 1.25 bits per heavy atom. The molecule has 1 unspecified atom stereocenters. The van der Waals surface area contributed by atoms with Crippen LogP contribution in [-0.4, -0.2) is 48.6 Å². The molecule has 2 amide bonds. The fourth-order valence-corrected chi connectivity index (χ4v) is 3.31. The van der Waals surface area contributed by atoms with E-state index in [0.29, 0.717) is 0 Å². The van der Waals surface area contributed by atoms with Gasteiger partial charge in [0.2, 0.25) is 11.8 Å². The molecule has 7 heteroatoms. The van der Waals surface area contributed by atoms with E-state index in [1.807, 2.05) is 43.3 Å². The van der Waals surface area contributed by atoms with Crippen LogP contribution in [-0.2, 0) is 9.59 Å². The molecule has 1 atom stereocenters. The highest BCUT2D eigenvalue weighted by atomic mass is 16.5. The van der Waals surface area contributed by atoms with Gasteiger partial charge in [-0.25, -0.2) is 0 Å². The van der Waals surface area contributed by atoms with Crippen LogP contribution in [0.4, 0.5) is 0 Å². The van der Waals surface area contributed by atoms with Gasteiger partial charge >= 0.3 is 0 Å². The molecule has 7 nitrogen and oxygen atoms in total. The van der Waals surface area contributed by atoms with Crippen molar-refractivity contribution in [3.05, 3.63) is 59.0 Å². The van der Waals surface area contributed by atoms with E-state index in [-0.39, 0.29) is 18.4 Å². The number of aryl methyl sites for hydroxylation is 1. The van der Waals surface area contributed by atoms with Crippen molar-refractivity contribution in [3.63, 3.8) is 0 Å². The lowest BCUT2D eigenvalue weighted by Gasteiger charge is -2.28. The first-order chi connectivity index (χ1) is 13.5. The third-order valence-electron chi connectivity index (χ3n) is 4.81. The molecule has 1 aliphatic rings. The molecular weight excluding hydrogens is 356 g/mol. The van der Waals surface area contributed by atoms with Gasteiger partial charge in [-0.2, -0.15) is 0 Å². The maximum atomic E-state index is 12.5. The molecular formula is C21H26N4O3. The predicted molar refractivity (Wildman–Crippen MR) is 106 cm³/mol. The smallest absolute Gasteiger partial charge is 0.246 e. The standard InChI is InChI=1S/C21H26N4O3/c1-15-12-18(24-28-15)13-16-8-10-25(11-9-16)14-19(26)23-20(21(27)22-2)17-6-4-3-5-7-17/h3-7,12-13,20H,8-11,14H2,1-2H3,(H,22,27)(H,23,26). The summed E-state index contributed by atoms with van der Waals surface area (Å²) in [5.74, 6) is 0.411. The Kier molecular flexibility index (Phi) is 6.60. The number of carbonyl (C=O) groups excluding carboxylic acids is 2. The molecule has 0 aliphatic carbocycles. The van der Waals surface area contributed by atoms with Crippen molar-refractivity contribution in [3.8, 4) is 0 Å². The number of nitrogens with zero attached hydrogens (tertiary/aromatic N) is 2. The van der Waals surface area contributed by atoms with Gasteiger partial charge in [0.05, 0.1) is 6.54 Å². The largest absolute Gasteiger partial charge is 0.361 e. The highest BCUT2D eigenvalue weighted by Gasteiger charge is 2.23. The molecule has 3 rings (SSSR count). The van der Waals surface area contributed by atoms with Crippen molar-refractivity contribution >= 4 is 17.9 Å². The molecule has 28 heavy (non-hydrogen) atoms. The van der Waals surface area contributed by atoms with Crippen LogP contribution in [0.3, 0.4) is 0 Å². The second kappa shape index (κ2) is 9.32. The summed E-state index contributed by atoms with van der Waals surface area (Å²) >= 11 is 0. The lowest BCUT2D eigenvalue weighted by atomic mass is 10.0. The number of rotatable bonds is 6. The lowest BCUT2D eigenvalue weighted by Crippen LogP contribution is -2.45. The van der Waals surface area contributed by atoms with Crippen LogP contribution in [0.1, 0.15) is 35.9 Å². The summed E-state index contributed by atoms with van der Waals surface area (Å²) in [6.45, 7) is 3.74. The summed E-state index contributed by atoms with van der Waals surface area (Å²) < 4.78 is 5.09. The zero-order valence-electron chi connectivity index (χ0n) is 16.3. The zero-order valence-corrected chi connectivity index (χ0v) is 16.3. The van der Waals surface area contributed by atoms with Crippen LogP contribution < -0.4 is 10.6 Å². The van der Waals surface area contributed by atoms with Crippen molar-refractivity contribution in [2.24, 2.45) is 0 Å². The second-order valence-electron chi connectivity index (χ2n) is 6.97. The first kappa shape index (κ1) is 19.8. The fourth-order valence-electron chi connectivity index (χ4n) is 3.31. The minimum atomic E-state index is -0.686. The van der Waals surface area contributed by atoms with Gasteiger partial charge in [0.15, 0.2) is 0 Å². The number of hydrogen-bond donors (Lipinski definition) is 2. The average Bonchev–Trinajstić information content (AvgIpc) is 3.12. The predicted octanol–water partition coefficient (Wildman–Crippen LogP) is 2.07. The molecule has 148 valence electrons. The van der Waals surface area contributed by atoms with E-state index < -0.39 is 6.04 Å². The number of amides is 2. The van der Waals surface area contributed by atoms with Crippen molar-refractivity contribution in [1.82, 2.24) is 20.7 Å². The molecule has 0 bridgehead atoms. The van der Waals surface area contributed by atoms with E-state index >= 15 is 0 Å². The van der Waals surface area contributed by atoms with Crippen molar-refractivity contribution in [2.45, 2.75) is 25.8 Å². The van der Waals surface area contributed by atoms with Crippen molar-refractivity contribution in [2.75, 3.05) is 26.7 Å². The zero-order chi connectivity index (χ0) is 19.9. The van der Waals surface area contributed by atoms with Crippen molar-refractivity contribution in [1.29, 1.82) is 0 Å². The SMILES string of the molecule is CNC(=O)C(NC(=O)CN1CCC(=Cc2cc(C)on2)CC1)c1ccccc1. The fraction of sp³-hybridized carbons (Fsp3) is 0.381. The summed E-state index contributed by atoms with van der Waals surface area (Å²) in [7, 11) is 1.57. The number of nitrogens with one attached hydrogen (secondary N) is 2. The Bertz CT molecular complexity index is 834. The van der Waals surface area contributed by atoms with Gasteiger partial charge in [-0.3, -0.25) is 14.5 Å². The minimum Gasteiger partial charge on any atom is -0.361 e. The van der Waals surface area contributed by atoms with Gasteiger partial charge in [0.1, 0.15) is 17.5 Å². The summed E-state index contributed by atoms with van der Waals surface area (Å²) in [6, 6.07) is 10.5. The Morgan fingerprint density at radius 2 is 1.96 bits per heavy atom. The Hall–Kier alpha value is -2.93. The van der Waals surface area contributed by atoms with Gasteiger partial charge in [0.25, 0.3) is 0 Å². The Labute approximate surface area is 164 Å². The van der Waals surface area contributed by atoms with Crippen LogP contribution in [0.5, 0.6) is 0 Å². The summed E-state index contributed by atoms with van der Waals surface area (Å²) in [6.07, 6.45) is 3.83. The quantitative estimate of drug-likeness (QED) is 0.799. The molecule has 1 aromatic heterocycles. The van der Waals surface area contributed by atoms with Crippen LogP contribution in [0.15, 0.2) is 46.5 Å². The van der Waals surface area contributed by atoms with E-state index in [2.05, 4.69) is 26.8 Å². The van der Waals surface area contributed by atoms with Gasteiger partial charge in [-0.05, 0) is 31.4 Å². The molecule has 0 radical (unpaired) electrons. The van der Waals surface area contributed by atoms with E-state index in [0.717, 1.165) is 42.9 Å². The van der Waals surface area contributed by atoms with Gasteiger partial charge in [-0.15, -0.1) is 0 Å². The van der Waals surface area contributed by atoms with E-state index in [4.69, 9.17) is 4.52 Å². The molecule has 0 spiro atoms. The monoisotopic (exact) mass is 382 g/mol. The normalized spacial score (nSPS) is 15.7. The number of likely N-dealkylation sites (N-methyl/N-ethyl adjacent to an activating group) is 1. The highest BCUT2D eigenvalue weighted by Crippen LogP contribution is 2.19. The van der Waals surface area contributed by atoms with Crippen LogP contribution in [0.2, 0.25) is 0 Å². The van der Waals surface area contributed by atoms with Gasteiger partial charge in [-0.1, -0.05) is 41.1 Å². The number of likely N-dealkylation sites (tertiary alicyclic amines) is 1. The number of hydrogen-bond acceptors (Lipinski definition) is 5. The number of piperidine rings is 1. The van der Waals surface area contributed by atoms with Crippen LogP contribution in [0, 0.1) is 6.92 Å². The van der Waals surface area contributed by atoms with E-state index in [1.165, 1.54) is 5.57 Å². The maximum absolute atomic E-state index is 12.5. The van der Waals surface area contributed by atoms with E-state index in [9.17, 15) is 9.59 Å². The third-order valence-corrected chi connectivity index (χ3v) is 4.81. The summed E-state index contributed by atoms with van der Waals surface area (Å²) in [5.41, 5.74) is 2.91. The average molecular weight is 382 g/mol. The molecule has 1 fully saturated rings. The molecule has 2 N–H and O–H groups in total. The van der Waals surface area contributed by atoms with E-state index in [1.54, 1.807) is 7.05 Å². The number of aromatic nitrogens is 1. The topological polar surface area (TPSA) is 87.5 Å². The summed E-state index contributed by atoms with van der Waals surface area (Å²) in [5, 5.41) is 9.47. The molecule has 1 aliphatic heterocycles. The molecule has 1 aromatic carbocycles. The lowest BCUT2D eigenvalue weighted by molar-refractivity contribution is -0.129. The third kappa shape index (κ3) is 5.29. The number of benzene rings is 1. The molecule has 0 saturated carbocycles. The molecule has 1 saturated heterocycles. The first-order valence-corrected chi connectivity index (χ1v) is 9.46. The highest BCUT2D eigenvalue weighted by molar-refractivity contribution is 5.89. The Morgan fingerprint density at radius 3 is 2.57 bits per heavy atom. The van der Waals surface area contributed by atoms with Crippen LogP contribution >= 0.6 is 0 Å². The molecule has 2 aromatic rings. The maximum Gasteiger partial charge on any atom is 0.246 e. The first-order valence-electron chi connectivity index (χ1n) is 9.46. The Balaban J connectivity index is 1.53.